The molecule has 4 aromatic carbocycles. The summed E-state index contributed by atoms with van der Waals surface area (Å²) < 4.78 is 8.61. The summed E-state index contributed by atoms with van der Waals surface area (Å²) in [7, 11) is 0. The van der Waals surface area contributed by atoms with E-state index in [1.54, 1.807) is 12.1 Å². The molecule has 2 aromatic heterocycles. The zero-order chi connectivity index (χ0) is 32.9. The third-order valence-corrected chi connectivity index (χ3v) is 8.49. The topological polar surface area (TPSA) is 37.9 Å². The van der Waals surface area contributed by atoms with E-state index in [4.69, 9.17) is 16.3 Å². The summed E-state index contributed by atoms with van der Waals surface area (Å²) >= 11 is 0. The van der Waals surface area contributed by atoms with Gasteiger partial charge in [0, 0.05) is 50.0 Å². The van der Waals surface area contributed by atoms with Crippen molar-refractivity contribution < 1.29 is 25.8 Å². The van der Waals surface area contributed by atoms with Crippen LogP contribution in [0.5, 0.6) is 11.5 Å². The number of anilines is 2. The van der Waals surface area contributed by atoms with Crippen LogP contribution in [0.3, 0.4) is 0 Å². The van der Waals surface area contributed by atoms with E-state index in [2.05, 4.69) is 99.5 Å². The molecule has 0 aliphatic carbocycles. The molecule has 1 aliphatic heterocycles. The van der Waals surface area contributed by atoms with Crippen LogP contribution in [0.1, 0.15) is 52.7 Å². The minimum Gasteiger partial charge on any atom is -0.510 e. The van der Waals surface area contributed by atoms with Crippen LogP contribution in [-0.2, 0) is 31.9 Å². The van der Waals surface area contributed by atoms with Crippen molar-refractivity contribution in [2.24, 2.45) is 0 Å². The average molecular weight is 810 g/mol. The molecule has 48 heavy (non-hydrogen) atoms. The van der Waals surface area contributed by atoms with Gasteiger partial charge in [-0.05, 0) is 70.1 Å². The molecule has 7 heteroatoms. The predicted octanol–water partition coefficient (Wildman–Crippen LogP) is 10.6. The molecular formula is C41H36N5OPt-3. The molecule has 7 rings (SSSR count). The largest absolute Gasteiger partial charge is 0.510 e. The summed E-state index contributed by atoms with van der Waals surface area (Å²) in [5.41, 5.74) is 6.54. The molecule has 0 N–H and O–H groups in total. The Kier molecular flexibility index (Phi) is 8.70. The number of aromatic nitrogens is 2. The number of hydrogen-bond donors (Lipinski definition) is 0. The zero-order valence-electron chi connectivity index (χ0n) is 27.9. The van der Waals surface area contributed by atoms with Gasteiger partial charge in [0.2, 0.25) is 0 Å². The number of ether oxygens (including phenoxy) is 1. The number of benzene rings is 4. The van der Waals surface area contributed by atoms with Crippen molar-refractivity contribution in [2.45, 2.75) is 52.4 Å². The van der Waals surface area contributed by atoms with Crippen molar-refractivity contribution >= 4 is 38.9 Å². The Hall–Kier alpha value is -4.85. The summed E-state index contributed by atoms with van der Waals surface area (Å²) in [6.45, 7) is 23.0. The van der Waals surface area contributed by atoms with E-state index < -0.39 is 0 Å². The second-order valence-corrected chi connectivity index (χ2v) is 13.9. The number of fused-ring (bicyclic) bond motifs is 3. The summed E-state index contributed by atoms with van der Waals surface area (Å²) in [6, 6.07) is 35.5. The number of hydrogen-bond acceptors (Lipinski definition) is 4. The SMILES string of the molecule is [C-]#[N+]c1cc(Oc2[c-]c3c(cc2)c2ccc(C(C)(C)C)cc2n3-c2cc(C(C)(C)C)ccn2)[c-]c(N2C=CN(c3ccccc3)[CH-]2)c1.[Pt]. The van der Waals surface area contributed by atoms with Gasteiger partial charge in [0.25, 0.3) is 0 Å². The second kappa shape index (κ2) is 12.6. The standard InChI is InChI=1S/C41H36N5O.Pt/c1-40(2,3)28-13-15-35-36-16-14-33(26-38(36)46(37(35)21-28)39-22-29(17-18-43-39)41(4,5)6)47-34-24-30(42-7)23-32(25-34)45-20-19-44(27-45)31-11-9-8-10-12-31;/h8-24,27H,1-6H3;/q-3;. The number of nitrogens with zero attached hydrogens (tertiary/aromatic N) is 5. The van der Waals surface area contributed by atoms with Crippen LogP contribution in [0.15, 0.2) is 104 Å². The molecular weight excluding hydrogens is 774 g/mol. The maximum absolute atomic E-state index is 7.76. The Bertz CT molecular complexity index is 2200. The first-order chi connectivity index (χ1) is 22.5. The maximum atomic E-state index is 7.76. The minimum atomic E-state index is -0.0352. The molecule has 0 spiro atoms. The predicted molar refractivity (Wildman–Crippen MR) is 191 cm³/mol. The fraction of sp³-hybridized carbons (Fsp3) is 0.195. The van der Waals surface area contributed by atoms with Crippen LogP contribution in [0.4, 0.5) is 17.1 Å². The minimum absolute atomic E-state index is 0. The molecule has 3 heterocycles. The third-order valence-electron chi connectivity index (χ3n) is 8.49. The molecule has 6 nitrogen and oxygen atoms in total. The molecule has 0 unspecified atom stereocenters. The van der Waals surface area contributed by atoms with Gasteiger partial charge in [-0.2, -0.15) is 6.07 Å². The molecule has 1 aliphatic rings. The van der Waals surface area contributed by atoms with E-state index in [9.17, 15) is 0 Å². The van der Waals surface area contributed by atoms with E-state index in [1.165, 1.54) is 11.1 Å². The first kappa shape index (κ1) is 33.1. The molecule has 0 fully saturated rings. The van der Waals surface area contributed by atoms with Crippen LogP contribution in [0.2, 0.25) is 0 Å². The Morgan fingerprint density at radius 3 is 2.19 bits per heavy atom. The Balaban J connectivity index is 0.00000401. The Labute approximate surface area is 297 Å². The van der Waals surface area contributed by atoms with Crippen LogP contribution >= 0.6 is 0 Å². The van der Waals surface area contributed by atoms with E-state index in [0.717, 1.165) is 33.3 Å². The van der Waals surface area contributed by atoms with Gasteiger partial charge in [0.15, 0.2) is 0 Å². The maximum Gasteiger partial charge on any atom is 0.135 e. The molecule has 0 bridgehead atoms. The van der Waals surface area contributed by atoms with Crippen molar-refractivity contribution in [3.05, 3.63) is 145 Å². The Morgan fingerprint density at radius 2 is 1.46 bits per heavy atom. The first-order valence-electron chi connectivity index (χ1n) is 15.7. The smallest absolute Gasteiger partial charge is 0.135 e. The molecule has 0 saturated heterocycles. The van der Waals surface area contributed by atoms with Gasteiger partial charge in [-0.3, -0.25) is 4.85 Å². The fourth-order valence-corrected chi connectivity index (χ4v) is 5.83. The third kappa shape index (κ3) is 6.36. The molecule has 244 valence electrons. The van der Waals surface area contributed by atoms with E-state index >= 15 is 0 Å². The van der Waals surface area contributed by atoms with Gasteiger partial charge in [-0.25, -0.2) is 4.98 Å². The number of pyridine rings is 1. The van der Waals surface area contributed by atoms with Crippen LogP contribution in [0.25, 0.3) is 32.5 Å². The molecule has 6 aromatic rings. The van der Waals surface area contributed by atoms with Gasteiger partial charge < -0.3 is 19.1 Å². The van der Waals surface area contributed by atoms with Gasteiger partial charge >= 0.3 is 0 Å². The van der Waals surface area contributed by atoms with Crippen LogP contribution in [-0.4, -0.2) is 9.55 Å². The van der Waals surface area contributed by atoms with Gasteiger partial charge in [0.1, 0.15) is 5.82 Å². The van der Waals surface area contributed by atoms with Crippen molar-refractivity contribution in [3.8, 4) is 17.3 Å². The molecule has 0 atom stereocenters. The molecule has 0 radical (unpaired) electrons. The van der Waals surface area contributed by atoms with E-state index in [1.807, 2.05) is 71.5 Å². The van der Waals surface area contributed by atoms with Gasteiger partial charge in [-0.1, -0.05) is 77.4 Å². The van der Waals surface area contributed by atoms with E-state index in [0.29, 0.717) is 22.9 Å². The Morgan fingerprint density at radius 1 is 0.750 bits per heavy atom. The van der Waals surface area contributed by atoms with Crippen molar-refractivity contribution in [1.29, 1.82) is 0 Å². The number of para-hydroxylation sites is 1. The second-order valence-electron chi connectivity index (χ2n) is 13.9. The summed E-state index contributed by atoms with van der Waals surface area (Å²) in [6.07, 6.45) is 5.80. The number of rotatable bonds is 5. The average Bonchev–Trinajstić information content (AvgIpc) is 3.67. The zero-order valence-corrected chi connectivity index (χ0v) is 30.1. The van der Waals surface area contributed by atoms with Crippen molar-refractivity contribution in [1.82, 2.24) is 9.55 Å². The summed E-state index contributed by atoms with van der Waals surface area (Å²) in [5.74, 6) is 1.80. The van der Waals surface area contributed by atoms with Crippen LogP contribution in [0, 0.1) is 25.4 Å². The quantitative estimate of drug-likeness (QED) is 0.163. The first-order valence-corrected chi connectivity index (χ1v) is 15.7. The summed E-state index contributed by atoms with van der Waals surface area (Å²) in [5, 5.41) is 2.19. The summed E-state index contributed by atoms with van der Waals surface area (Å²) in [4.78, 5) is 12.5. The van der Waals surface area contributed by atoms with Crippen LogP contribution < -0.4 is 14.5 Å². The fourth-order valence-electron chi connectivity index (χ4n) is 5.83. The molecule has 0 saturated carbocycles. The molecule has 0 amide bonds. The van der Waals surface area contributed by atoms with Gasteiger partial charge in [0.05, 0.1) is 12.3 Å². The van der Waals surface area contributed by atoms with Crippen molar-refractivity contribution in [2.75, 3.05) is 9.80 Å². The van der Waals surface area contributed by atoms with Gasteiger partial charge in [-0.15, -0.1) is 48.1 Å². The van der Waals surface area contributed by atoms with E-state index in [-0.39, 0.29) is 31.9 Å². The monoisotopic (exact) mass is 809 g/mol. The normalized spacial score (nSPS) is 13.2. The van der Waals surface area contributed by atoms with Crippen molar-refractivity contribution in [3.63, 3.8) is 0 Å².